The second-order valence-electron chi connectivity index (χ2n) is 6.43. The van der Waals surface area contributed by atoms with Gasteiger partial charge in [-0.1, -0.05) is 23.2 Å². The van der Waals surface area contributed by atoms with Crippen LogP contribution in [0, 0.1) is 0 Å². The first-order chi connectivity index (χ1) is 14.4. The molecule has 30 heavy (non-hydrogen) atoms. The zero-order valence-corrected chi connectivity index (χ0v) is 17.8. The van der Waals surface area contributed by atoms with Gasteiger partial charge in [0.05, 0.1) is 42.7 Å². The highest BCUT2D eigenvalue weighted by molar-refractivity contribution is 6.41. The number of benzene rings is 2. The summed E-state index contributed by atoms with van der Waals surface area (Å²) in [6.07, 6.45) is 4.81. The van der Waals surface area contributed by atoms with Crippen molar-refractivity contribution in [2.45, 2.75) is 0 Å². The maximum atomic E-state index is 13.0. The Hall–Kier alpha value is -3.23. The first-order valence-electron chi connectivity index (χ1n) is 8.80. The number of rotatable bonds is 5. The summed E-state index contributed by atoms with van der Waals surface area (Å²) in [7, 11) is 4.78. The summed E-state index contributed by atoms with van der Waals surface area (Å²) in [5.41, 5.74) is 1.97. The zero-order chi connectivity index (χ0) is 21.4. The van der Waals surface area contributed by atoms with Crippen LogP contribution in [0.1, 0.15) is 0 Å². The Kier molecular flexibility index (Phi) is 5.27. The van der Waals surface area contributed by atoms with Crippen LogP contribution in [0.5, 0.6) is 11.5 Å². The van der Waals surface area contributed by atoms with Crippen LogP contribution in [0.4, 0.5) is 11.4 Å². The Morgan fingerprint density at radius 1 is 1.07 bits per heavy atom. The highest BCUT2D eigenvalue weighted by Crippen LogP contribution is 2.45. The molecule has 4 aromatic rings. The average Bonchev–Trinajstić information content (AvgIpc) is 3.18. The summed E-state index contributed by atoms with van der Waals surface area (Å²) in [5, 5.41) is 8.27. The molecule has 2 heterocycles. The van der Waals surface area contributed by atoms with Gasteiger partial charge in [0.2, 0.25) is 0 Å². The molecule has 1 N–H and O–H groups in total. The minimum absolute atomic E-state index is 0.225. The van der Waals surface area contributed by atoms with Crippen molar-refractivity contribution in [1.82, 2.24) is 19.3 Å². The number of methoxy groups -OCH3 is 2. The number of nitrogens with zero attached hydrogens (tertiary/aromatic N) is 4. The Bertz CT molecular complexity index is 1290. The molecule has 0 saturated carbocycles. The number of hydrogen-bond donors (Lipinski definition) is 1. The van der Waals surface area contributed by atoms with Crippen molar-refractivity contribution in [3.63, 3.8) is 0 Å². The van der Waals surface area contributed by atoms with Crippen LogP contribution in [0.15, 0.2) is 47.8 Å². The van der Waals surface area contributed by atoms with Crippen LogP contribution >= 0.6 is 23.2 Å². The van der Waals surface area contributed by atoms with Gasteiger partial charge in [-0.3, -0.25) is 14.0 Å². The first kappa shape index (κ1) is 20.1. The van der Waals surface area contributed by atoms with Gasteiger partial charge in [0.1, 0.15) is 27.9 Å². The summed E-state index contributed by atoms with van der Waals surface area (Å²) >= 11 is 12.9. The molecule has 0 spiro atoms. The van der Waals surface area contributed by atoms with E-state index in [1.54, 1.807) is 48.4 Å². The van der Waals surface area contributed by atoms with Crippen LogP contribution in [0.3, 0.4) is 0 Å². The molecule has 4 rings (SSSR count). The van der Waals surface area contributed by atoms with Crippen molar-refractivity contribution in [2.24, 2.45) is 7.05 Å². The van der Waals surface area contributed by atoms with Crippen LogP contribution in [0.25, 0.3) is 16.6 Å². The van der Waals surface area contributed by atoms with E-state index in [1.165, 1.54) is 25.1 Å². The summed E-state index contributed by atoms with van der Waals surface area (Å²) in [6, 6.07) is 6.82. The van der Waals surface area contributed by atoms with Gasteiger partial charge in [-0.15, -0.1) is 0 Å². The summed E-state index contributed by atoms with van der Waals surface area (Å²) in [6.45, 7) is 0. The summed E-state index contributed by atoms with van der Waals surface area (Å²) < 4.78 is 13.6. The van der Waals surface area contributed by atoms with E-state index in [4.69, 9.17) is 32.7 Å². The van der Waals surface area contributed by atoms with Gasteiger partial charge in [0.25, 0.3) is 5.56 Å². The van der Waals surface area contributed by atoms with E-state index in [-0.39, 0.29) is 5.56 Å². The van der Waals surface area contributed by atoms with Gasteiger partial charge in [-0.2, -0.15) is 5.10 Å². The quantitative estimate of drug-likeness (QED) is 0.495. The van der Waals surface area contributed by atoms with Crippen molar-refractivity contribution in [3.05, 3.63) is 63.4 Å². The van der Waals surface area contributed by atoms with Crippen molar-refractivity contribution in [3.8, 4) is 17.2 Å². The molecular formula is C20H17Cl2N5O3. The fraction of sp³-hybridized carbons (Fsp3) is 0.150. The van der Waals surface area contributed by atoms with Gasteiger partial charge in [0.15, 0.2) is 0 Å². The lowest BCUT2D eigenvalue weighted by molar-refractivity contribution is 0.395. The van der Waals surface area contributed by atoms with Gasteiger partial charge in [0, 0.05) is 25.0 Å². The lowest BCUT2D eigenvalue weighted by Crippen LogP contribution is -2.18. The Morgan fingerprint density at radius 2 is 1.77 bits per heavy atom. The van der Waals surface area contributed by atoms with E-state index in [9.17, 15) is 4.79 Å². The zero-order valence-electron chi connectivity index (χ0n) is 16.3. The van der Waals surface area contributed by atoms with Gasteiger partial charge < -0.3 is 14.8 Å². The topological polar surface area (TPSA) is 83.2 Å². The average molecular weight is 446 g/mol. The number of aryl methyl sites for hydroxylation is 1. The molecule has 0 bridgehead atoms. The largest absolute Gasteiger partial charge is 0.495 e. The van der Waals surface area contributed by atoms with Crippen LogP contribution in [-0.4, -0.2) is 33.6 Å². The van der Waals surface area contributed by atoms with E-state index in [2.05, 4.69) is 15.4 Å². The third kappa shape index (κ3) is 3.44. The van der Waals surface area contributed by atoms with E-state index in [1.807, 2.05) is 0 Å². The Morgan fingerprint density at radius 3 is 2.37 bits per heavy atom. The molecule has 0 radical (unpaired) electrons. The number of fused-ring (bicyclic) bond motifs is 1. The van der Waals surface area contributed by atoms with Gasteiger partial charge in [-0.05, 0) is 18.2 Å². The number of hydrogen-bond acceptors (Lipinski definition) is 6. The van der Waals surface area contributed by atoms with Gasteiger partial charge in [-0.25, -0.2) is 4.98 Å². The maximum Gasteiger partial charge on any atom is 0.265 e. The van der Waals surface area contributed by atoms with Crippen molar-refractivity contribution in [1.29, 1.82) is 0 Å². The molecular weight excluding hydrogens is 429 g/mol. The normalized spacial score (nSPS) is 11.0. The fourth-order valence-electron chi connectivity index (χ4n) is 3.06. The maximum absolute atomic E-state index is 13.0. The molecule has 0 aliphatic heterocycles. The van der Waals surface area contributed by atoms with Crippen molar-refractivity contribution < 1.29 is 9.47 Å². The molecule has 0 fully saturated rings. The lowest BCUT2D eigenvalue weighted by Gasteiger charge is -2.16. The third-order valence-corrected chi connectivity index (χ3v) is 5.32. The molecule has 0 amide bonds. The smallest absolute Gasteiger partial charge is 0.265 e. The lowest BCUT2D eigenvalue weighted by atomic mass is 10.2. The van der Waals surface area contributed by atoms with E-state index in [0.29, 0.717) is 49.5 Å². The molecule has 10 heteroatoms. The Balaban J connectivity index is 1.81. The van der Waals surface area contributed by atoms with Crippen LogP contribution < -0.4 is 20.3 Å². The summed E-state index contributed by atoms with van der Waals surface area (Å²) in [4.78, 5) is 17.4. The van der Waals surface area contributed by atoms with E-state index >= 15 is 0 Å². The fourth-order valence-corrected chi connectivity index (χ4v) is 3.65. The second kappa shape index (κ2) is 7.89. The highest BCUT2D eigenvalue weighted by Gasteiger charge is 2.18. The number of nitrogens with one attached hydrogen (secondary N) is 1. The second-order valence-corrected chi connectivity index (χ2v) is 7.19. The molecule has 2 aromatic carbocycles. The Labute approximate surface area is 181 Å². The predicted octanol–water partition coefficient (Wildman–Crippen LogP) is 4.19. The third-order valence-electron chi connectivity index (χ3n) is 4.57. The molecule has 154 valence electrons. The molecule has 0 aliphatic carbocycles. The minimum atomic E-state index is -0.225. The minimum Gasteiger partial charge on any atom is -0.495 e. The number of anilines is 2. The molecule has 2 aromatic heterocycles. The van der Waals surface area contributed by atoms with Gasteiger partial charge >= 0.3 is 0 Å². The highest BCUT2D eigenvalue weighted by atomic mass is 35.5. The standard InChI is InChI=1S/C20H17Cl2N5O3/c1-26-9-12(8-24-26)27-10-23-14-5-4-11(6-13(14)20(27)28)25-19-17(21)15(29-2)7-16(30-3)18(19)22/h4-10,25H,1-3H3. The van der Waals surface area contributed by atoms with Crippen LogP contribution in [0.2, 0.25) is 10.0 Å². The number of aromatic nitrogens is 4. The molecule has 8 nitrogen and oxygen atoms in total. The van der Waals surface area contributed by atoms with E-state index in [0.717, 1.165) is 0 Å². The number of ether oxygens (including phenoxy) is 2. The molecule has 0 saturated heterocycles. The number of halogens is 2. The molecule has 0 aliphatic rings. The molecule has 0 unspecified atom stereocenters. The summed E-state index contributed by atoms with van der Waals surface area (Å²) in [5.74, 6) is 0.809. The first-order valence-corrected chi connectivity index (χ1v) is 9.56. The predicted molar refractivity (Wildman–Crippen MR) is 117 cm³/mol. The monoisotopic (exact) mass is 445 g/mol. The van der Waals surface area contributed by atoms with Crippen LogP contribution in [-0.2, 0) is 7.05 Å². The SMILES string of the molecule is COc1cc(OC)c(Cl)c(Nc2ccc3ncn(-c4cnn(C)c4)c(=O)c3c2)c1Cl. The van der Waals surface area contributed by atoms with Crippen molar-refractivity contribution in [2.75, 3.05) is 19.5 Å². The molecule has 0 atom stereocenters. The van der Waals surface area contributed by atoms with Crippen molar-refractivity contribution >= 4 is 45.5 Å². The van der Waals surface area contributed by atoms with E-state index < -0.39 is 0 Å².